The maximum atomic E-state index is 12.5. The Labute approximate surface area is 145 Å². The van der Waals surface area contributed by atoms with Gasteiger partial charge in [0.25, 0.3) is 0 Å². The quantitative estimate of drug-likeness (QED) is 0.783. The molecule has 1 aliphatic heterocycles. The van der Waals surface area contributed by atoms with E-state index < -0.39 is 0 Å². The van der Waals surface area contributed by atoms with E-state index in [-0.39, 0.29) is 5.91 Å². The first-order valence-corrected chi connectivity index (χ1v) is 8.52. The summed E-state index contributed by atoms with van der Waals surface area (Å²) in [4.78, 5) is 32.8. The zero-order chi connectivity index (χ0) is 17.1. The summed E-state index contributed by atoms with van der Waals surface area (Å²) in [5.41, 5.74) is 1.96. The van der Waals surface area contributed by atoms with E-state index >= 15 is 0 Å². The number of benzene rings is 1. The summed E-state index contributed by atoms with van der Waals surface area (Å²) in [6.45, 7) is 3.01. The van der Waals surface area contributed by atoms with Crippen molar-refractivity contribution >= 4 is 22.8 Å². The number of nitrogens with zero attached hydrogens (tertiary/aromatic N) is 5. The molecule has 1 saturated heterocycles. The second-order valence-corrected chi connectivity index (χ2v) is 6.13. The van der Waals surface area contributed by atoms with Crippen LogP contribution in [0.2, 0.25) is 0 Å². The van der Waals surface area contributed by atoms with Gasteiger partial charge in [-0.15, -0.1) is 0 Å². The maximum absolute atomic E-state index is 12.5. The van der Waals surface area contributed by atoms with Crippen molar-refractivity contribution in [2.45, 2.75) is 12.8 Å². The lowest BCUT2D eigenvalue weighted by Gasteiger charge is -2.35. The number of fused-ring (bicyclic) bond motifs is 1. The van der Waals surface area contributed by atoms with Gasteiger partial charge in [-0.25, -0.2) is 9.97 Å². The lowest BCUT2D eigenvalue weighted by Crippen LogP contribution is -2.49. The van der Waals surface area contributed by atoms with Crippen LogP contribution in [-0.4, -0.2) is 56.9 Å². The highest BCUT2D eigenvalue weighted by Crippen LogP contribution is 2.14. The van der Waals surface area contributed by atoms with Gasteiger partial charge in [0.1, 0.15) is 11.6 Å². The molecule has 0 saturated carbocycles. The van der Waals surface area contributed by atoms with Crippen molar-refractivity contribution in [1.82, 2.24) is 24.8 Å². The number of hydrogen-bond acceptors (Lipinski definition) is 5. The molecule has 25 heavy (non-hydrogen) atoms. The van der Waals surface area contributed by atoms with Gasteiger partial charge in [0, 0.05) is 51.4 Å². The molecule has 1 aromatic carbocycles. The molecule has 0 unspecified atom stereocenters. The topological polar surface area (TPSA) is 78.0 Å². The van der Waals surface area contributed by atoms with E-state index in [1.807, 2.05) is 29.2 Å². The summed E-state index contributed by atoms with van der Waals surface area (Å²) >= 11 is 0. The minimum atomic E-state index is 0.180. The number of imidazole rings is 1. The minimum Gasteiger partial charge on any atom is -0.352 e. The van der Waals surface area contributed by atoms with Crippen LogP contribution in [0.5, 0.6) is 0 Å². The van der Waals surface area contributed by atoms with Gasteiger partial charge in [0.2, 0.25) is 5.91 Å². The number of amides is 1. The third-order valence-corrected chi connectivity index (χ3v) is 4.52. The Morgan fingerprint density at radius 1 is 1.12 bits per heavy atom. The van der Waals surface area contributed by atoms with Crippen LogP contribution in [0.15, 0.2) is 42.9 Å². The van der Waals surface area contributed by atoms with Crippen LogP contribution in [0.3, 0.4) is 0 Å². The highest BCUT2D eigenvalue weighted by atomic mass is 16.2. The van der Waals surface area contributed by atoms with Gasteiger partial charge < -0.3 is 14.8 Å². The molecule has 0 bridgehead atoms. The first kappa shape index (κ1) is 15.6. The van der Waals surface area contributed by atoms with Crippen molar-refractivity contribution in [2.75, 3.05) is 31.1 Å². The maximum Gasteiger partial charge on any atom is 0.223 e. The molecule has 7 heteroatoms. The lowest BCUT2D eigenvalue weighted by molar-refractivity contribution is -0.131. The number of H-pyrrole nitrogens is 1. The number of rotatable bonds is 4. The first-order chi connectivity index (χ1) is 12.3. The molecule has 1 N–H and O–H groups in total. The monoisotopic (exact) mass is 336 g/mol. The molecule has 1 aliphatic rings. The summed E-state index contributed by atoms with van der Waals surface area (Å²) in [5, 5.41) is 0. The van der Waals surface area contributed by atoms with Crippen molar-refractivity contribution in [2.24, 2.45) is 0 Å². The average molecular weight is 336 g/mol. The Hall–Kier alpha value is -2.96. The van der Waals surface area contributed by atoms with Gasteiger partial charge in [-0.3, -0.25) is 9.78 Å². The number of aromatic amines is 1. The number of nitrogens with one attached hydrogen (secondary N) is 1. The molecule has 1 amide bonds. The molecule has 128 valence electrons. The van der Waals surface area contributed by atoms with Gasteiger partial charge in [-0.05, 0) is 12.1 Å². The highest BCUT2D eigenvalue weighted by molar-refractivity contribution is 5.77. The number of aromatic nitrogens is 4. The van der Waals surface area contributed by atoms with Crippen LogP contribution in [-0.2, 0) is 11.2 Å². The summed E-state index contributed by atoms with van der Waals surface area (Å²) in [6, 6.07) is 7.92. The number of anilines is 1. The van der Waals surface area contributed by atoms with Crippen LogP contribution >= 0.6 is 0 Å². The smallest absolute Gasteiger partial charge is 0.223 e. The Morgan fingerprint density at radius 2 is 1.96 bits per heavy atom. The Bertz CT molecular complexity index is 821. The van der Waals surface area contributed by atoms with E-state index in [2.05, 4.69) is 24.8 Å². The summed E-state index contributed by atoms with van der Waals surface area (Å²) in [5.74, 6) is 1.92. The van der Waals surface area contributed by atoms with Crippen LogP contribution < -0.4 is 4.90 Å². The minimum absolute atomic E-state index is 0.180. The van der Waals surface area contributed by atoms with Crippen LogP contribution in [0.1, 0.15) is 12.2 Å². The zero-order valence-electron chi connectivity index (χ0n) is 13.9. The number of para-hydroxylation sites is 2. The standard InChI is InChI=1S/C18H20N6O/c25-18(6-5-16-21-14-3-1-2-4-15(14)22-16)24-11-9-23(10-12-24)17-13-19-7-8-20-17/h1-4,7-8,13H,5-6,9-12H2,(H,21,22). The normalized spacial score (nSPS) is 14.9. The molecular weight excluding hydrogens is 316 g/mol. The lowest BCUT2D eigenvalue weighted by atomic mass is 10.2. The van der Waals surface area contributed by atoms with E-state index in [0.29, 0.717) is 12.8 Å². The average Bonchev–Trinajstić information content (AvgIpc) is 3.10. The number of piperazine rings is 1. The fourth-order valence-electron chi connectivity index (χ4n) is 3.15. The molecule has 7 nitrogen and oxygen atoms in total. The van der Waals surface area contributed by atoms with Crippen LogP contribution in [0.25, 0.3) is 11.0 Å². The fourth-order valence-corrected chi connectivity index (χ4v) is 3.15. The largest absolute Gasteiger partial charge is 0.352 e. The number of carbonyl (C=O) groups excluding carboxylic acids is 1. The van der Waals surface area contributed by atoms with Crippen molar-refractivity contribution in [1.29, 1.82) is 0 Å². The number of aryl methyl sites for hydroxylation is 1. The second-order valence-electron chi connectivity index (χ2n) is 6.13. The van der Waals surface area contributed by atoms with Crippen molar-refractivity contribution in [3.8, 4) is 0 Å². The zero-order valence-corrected chi connectivity index (χ0v) is 13.9. The van der Waals surface area contributed by atoms with Gasteiger partial charge in [0.15, 0.2) is 0 Å². The molecule has 0 spiro atoms. The van der Waals surface area contributed by atoms with E-state index in [1.165, 1.54) is 0 Å². The molecule has 2 aromatic heterocycles. The first-order valence-electron chi connectivity index (χ1n) is 8.52. The fraction of sp³-hybridized carbons (Fsp3) is 0.333. The molecule has 1 fully saturated rings. The van der Waals surface area contributed by atoms with E-state index in [9.17, 15) is 4.79 Å². The van der Waals surface area contributed by atoms with Gasteiger partial charge in [-0.1, -0.05) is 12.1 Å². The van der Waals surface area contributed by atoms with Crippen molar-refractivity contribution < 1.29 is 4.79 Å². The van der Waals surface area contributed by atoms with Gasteiger partial charge >= 0.3 is 0 Å². The Kier molecular flexibility index (Phi) is 4.28. The molecule has 0 atom stereocenters. The predicted molar refractivity (Wildman–Crippen MR) is 95.2 cm³/mol. The molecule has 4 rings (SSSR count). The molecule has 3 aromatic rings. The van der Waals surface area contributed by atoms with Crippen molar-refractivity contribution in [3.63, 3.8) is 0 Å². The molecule has 3 heterocycles. The molecule has 0 radical (unpaired) electrons. The molecule has 0 aliphatic carbocycles. The Morgan fingerprint density at radius 3 is 2.72 bits per heavy atom. The summed E-state index contributed by atoms with van der Waals surface area (Å²) < 4.78 is 0. The SMILES string of the molecule is O=C(CCc1nc2ccccc2[nH]1)N1CCN(c2cnccn2)CC1. The van der Waals surface area contributed by atoms with Crippen molar-refractivity contribution in [3.05, 3.63) is 48.7 Å². The number of hydrogen-bond donors (Lipinski definition) is 1. The van der Waals surface area contributed by atoms with Crippen LogP contribution in [0.4, 0.5) is 5.82 Å². The Balaban J connectivity index is 1.30. The highest BCUT2D eigenvalue weighted by Gasteiger charge is 2.21. The van der Waals surface area contributed by atoms with E-state index in [0.717, 1.165) is 48.9 Å². The van der Waals surface area contributed by atoms with Gasteiger partial charge in [-0.2, -0.15) is 0 Å². The third kappa shape index (κ3) is 3.45. The second kappa shape index (κ2) is 6.88. The van der Waals surface area contributed by atoms with E-state index in [1.54, 1.807) is 18.6 Å². The van der Waals surface area contributed by atoms with E-state index in [4.69, 9.17) is 0 Å². The van der Waals surface area contributed by atoms with Gasteiger partial charge in [0.05, 0.1) is 17.2 Å². The number of carbonyl (C=O) groups is 1. The molecular formula is C18H20N6O. The summed E-state index contributed by atoms with van der Waals surface area (Å²) in [6.07, 6.45) is 6.24. The predicted octanol–water partition coefficient (Wildman–Crippen LogP) is 1.63. The van der Waals surface area contributed by atoms with Crippen LogP contribution in [0, 0.1) is 0 Å². The third-order valence-electron chi connectivity index (χ3n) is 4.52. The summed E-state index contributed by atoms with van der Waals surface area (Å²) in [7, 11) is 0.